The quantitative estimate of drug-likeness (QED) is 0.643. The zero-order valence-corrected chi connectivity index (χ0v) is 12.9. The summed E-state index contributed by atoms with van der Waals surface area (Å²) >= 11 is 0. The third-order valence-corrected chi connectivity index (χ3v) is 4.45. The van der Waals surface area contributed by atoms with Crippen molar-refractivity contribution in [2.45, 2.75) is 34.1 Å². The maximum absolute atomic E-state index is 3.38. The number of hydrogen-bond acceptors (Lipinski definition) is 3. The first-order valence-corrected chi connectivity index (χ1v) is 7.86. The van der Waals surface area contributed by atoms with E-state index in [9.17, 15) is 0 Å². The van der Waals surface area contributed by atoms with E-state index < -0.39 is 0 Å². The fourth-order valence-corrected chi connectivity index (χ4v) is 2.71. The van der Waals surface area contributed by atoms with Crippen LogP contribution in [0.1, 0.15) is 34.1 Å². The minimum atomic E-state index is 0.847. The highest BCUT2D eigenvalue weighted by atomic mass is 15.1. The first kappa shape index (κ1) is 15.9. The summed E-state index contributed by atoms with van der Waals surface area (Å²) in [5.74, 6) is 1.77. The molecule has 0 aromatic carbocycles. The molecule has 108 valence electrons. The van der Waals surface area contributed by atoms with Crippen LogP contribution in [-0.2, 0) is 0 Å². The van der Waals surface area contributed by atoms with Crippen LogP contribution in [0.5, 0.6) is 0 Å². The molecule has 1 atom stereocenters. The van der Waals surface area contributed by atoms with E-state index in [-0.39, 0.29) is 0 Å². The summed E-state index contributed by atoms with van der Waals surface area (Å²) in [7, 11) is 0. The van der Waals surface area contributed by atoms with E-state index in [0.717, 1.165) is 11.8 Å². The number of hydrogen-bond donors (Lipinski definition) is 1. The van der Waals surface area contributed by atoms with Gasteiger partial charge in [0.15, 0.2) is 0 Å². The van der Waals surface area contributed by atoms with E-state index in [1.54, 1.807) is 0 Å². The van der Waals surface area contributed by atoms with Crippen LogP contribution in [0.4, 0.5) is 0 Å². The van der Waals surface area contributed by atoms with E-state index in [4.69, 9.17) is 0 Å². The predicted molar refractivity (Wildman–Crippen MR) is 80.0 cm³/mol. The lowest BCUT2D eigenvalue weighted by atomic mass is 9.88. The zero-order valence-electron chi connectivity index (χ0n) is 12.9. The van der Waals surface area contributed by atoms with Gasteiger partial charge >= 0.3 is 0 Å². The fourth-order valence-electron chi connectivity index (χ4n) is 2.71. The SMILES string of the molecule is CCN(CC)CCCN(CC)CC(C)C1CNC1. The van der Waals surface area contributed by atoms with Gasteiger partial charge in [-0.2, -0.15) is 0 Å². The Morgan fingerprint density at radius 2 is 1.56 bits per heavy atom. The highest BCUT2D eigenvalue weighted by Crippen LogP contribution is 2.17. The lowest BCUT2D eigenvalue weighted by Crippen LogP contribution is -2.48. The van der Waals surface area contributed by atoms with Gasteiger partial charge in [0.2, 0.25) is 0 Å². The van der Waals surface area contributed by atoms with Crippen LogP contribution < -0.4 is 5.32 Å². The second-order valence-electron chi connectivity index (χ2n) is 5.67. The maximum Gasteiger partial charge on any atom is 0.00105 e. The molecule has 0 aromatic rings. The van der Waals surface area contributed by atoms with Crippen LogP contribution in [0.3, 0.4) is 0 Å². The third-order valence-electron chi connectivity index (χ3n) is 4.45. The van der Waals surface area contributed by atoms with Gasteiger partial charge in [-0.3, -0.25) is 0 Å². The lowest BCUT2D eigenvalue weighted by Gasteiger charge is -2.35. The zero-order chi connectivity index (χ0) is 13.4. The summed E-state index contributed by atoms with van der Waals surface area (Å²) in [6.07, 6.45) is 1.31. The molecule has 0 spiro atoms. The van der Waals surface area contributed by atoms with E-state index in [2.05, 4.69) is 42.8 Å². The van der Waals surface area contributed by atoms with Crippen molar-refractivity contribution >= 4 is 0 Å². The molecule has 0 radical (unpaired) electrons. The molecule has 3 heteroatoms. The van der Waals surface area contributed by atoms with E-state index >= 15 is 0 Å². The van der Waals surface area contributed by atoms with Gasteiger partial charge in [0, 0.05) is 6.54 Å². The van der Waals surface area contributed by atoms with Gasteiger partial charge < -0.3 is 15.1 Å². The van der Waals surface area contributed by atoms with Crippen LogP contribution in [0.25, 0.3) is 0 Å². The smallest absolute Gasteiger partial charge is 0.00105 e. The van der Waals surface area contributed by atoms with Gasteiger partial charge in [-0.25, -0.2) is 0 Å². The van der Waals surface area contributed by atoms with Crippen molar-refractivity contribution in [1.29, 1.82) is 0 Å². The Morgan fingerprint density at radius 1 is 1.00 bits per heavy atom. The average Bonchev–Trinajstić information content (AvgIpc) is 2.31. The van der Waals surface area contributed by atoms with Crippen LogP contribution in [0, 0.1) is 11.8 Å². The molecule has 1 N–H and O–H groups in total. The van der Waals surface area contributed by atoms with Gasteiger partial charge in [-0.05, 0) is 64.1 Å². The molecule has 0 amide bonds. The summed E-state index contributed by atoms with van der Waals surface area (Å²) in [6, 6.07) is 0. The topological polar surface area (TPSA) is 18.5 Å². The molecule has 0 aliphatic carbocycles. The summed E-state index contributed by atoms with van der Waals surface area (Å²) in [6.45, 7) is 19.1. The van der Waals surface area contributed by atoms with Crippen LogP contribution in [-0.4, -0.2) is 62.2 Å². The maximum atomic E-state index is 3.38. The van der Waals surface area contributed by atoms with Crippen molar-refractivity contribution in [3.8, 4) is 0 Å². The Kier molecular flexibility index (Phi) is 7.87. The van der Waals surface area contributed by atoms with Crippen LogP contribution in [0.15, 0.2) is 0 Å². The van der Waals surface area contributed by atoms with E-state index in [1.165, 1.54) is 58.8 Å². The average molecular weight is 255 g/mol. The molecule has 1 unspecified atom stereocenters. The van der Waals surface area contributed by atoms with Crippen molar-refractivity contribution in [1.82, 2.24) is 15.1 Å². The third kappa shape index (κ3) is 5.25. The summed E-state index contributed by atoms with van der Waals surface area (Å²) in [4.78, 5) is 5.15. The molecular weight excluding hydrogens is 222 g/mol. The van der Waals surface area contributed by atoms with Crippen molar-refractivity contribution < 1.29 is 0 Å². The summed E-state index contributed by atoms with van der Waals surface area (Å²) in [5, 5.41) is 3.38. The second-order valence-corrected chi connectivity index (χ2v) is 5.67. The second kappa shape index (κ2) is 8.89. The number of nitrogens with one attached hydrogen (secondary N) is 1. The highest BCUT2D eigenvalue weighted by Gasteiger charge is 2.24. The Bertz CT molecular complexity index is 200. The summed E-state index contributed by atoms with van der Waals surface area (Å²) < 4.78 is 0. The Morgan fingerprint density at radius 3 is 2.00 bits per heavy atom. The summed E-state index contributed by atoms with van der Waals surface area (Å²) in [5.41, 5.74) is 0. The highest BCUT2D eigenvalue weighted by molar-refractivity contribution is 4.81. The molecule has 1 rings (SSSR count). The molecule has 1 saturated heterocycles. The van der Waals surface area contributed by atoms with Crippen molar-refractivity contribution in [3.05, 3.63) is 0 Å². The molecule has 1 fully saturated rings. The number of nitrogens with zero attached hydrogens (tertiary/aromatic N) is 2. The first-order chi connectivity index (χ1) is 8.71. The molecular formula is C15H33N3. The Balaban J connectivity index is 2.15. The minimum absolute atomic E-state index is 0.847. The monoisotopic (exact) mass is 255 g/mol. The normalized spacial score (nSPS) is 18.3. The van der Waals surface area contributed by atoms with Gasteiger partial charge in [0.25, 0.3) is 0 Å². The minimum Gasteiger partial charge on any atom is -0.316 e. The van der Waals surface area contributed by atoms with Gasteiger partial charge in [0.1, 0.15) is 0 Å². The molecule has 3 nitrogen and oxygen atoms in total. The van der Waals surface area contributed by atoms with Crippen molar-refractivity contribution in [3.63, 3.8) is 0 Å². The molecule has 0 saturated carbocycles. The Hall–Kier alpha value is -0.120. The van der Waals surface area contributed by atoms with Crippen molar-refractivity contribution in [2.75, 3.05) is 52.4 Å². The van der Waals surface area contributed by atoms with Gasteiger partial charge in [-0.1, -0.05) is 27.7 Å². The predicted octanol–water partition coefficient (Wildman–Crippen LogP) is 1.90. The molecule has 1 aliphatic heterocycles. The van der Waals surface area contributed by atoms with E-state index in [1.807, 2.05) is 0 Å². The Labute approximate surface area is 114 Å². The lowest BCUT2D eigenvalue weighted by molar-refractivity contribution is 0.164. The fraction of sp³-hybridized carbons (Fsp3) is 1.00. The molecule has 0 bridgehead atoms. The largest absolute Gasteiger partial charge is 0.316 e. The molecule has 1 heterocycles. The molecule has 1 aliphatic rings. The van der Waals surface area contributed by atoms with Gasteiger partial charge in [-0.15, -0.1) is 0 Å². The molecule has 18 heavy (non-hydrogen) atoms. The number of rotatable bonds is 10. The van der Waals surface area contributed by atoms with Crippen LogP contribution >= 0.6 is 0 Å². The van der Waals surface area contributed by atoms with Crippen LogP contribution in [0.2, 0.25) is 0 Å². The molecule has 0 aromatic heterocycles. The first-order valence-electron chi connectivity index (χ1n) is 7.86. The van der Waals surface area contributed by atoms with E-state index in [0.29, 0.717) is 0 Å². The van der Waals surface area contributed by atoms with Crippen molar-refractivity contribution in [2.24, 2.45) is 11.8 Å². The van der Waals surface area contributed by atoms with Gasteiger partial charge in [0.05, 0.1) is 0 Å². The standard InChI is InChI=1S/C15H33N3/c1-5-17(6-2)9-8-10-18(7-3)13-14(4)15-11-16-12-15/h14-16H,5-13H2,1-4H3.